The van der Waals surface area contributed by atoms with Crippen LogP contribution in [0.1, 0.15) is 32.6 Å². The van der Waals surface area contributed by atoms with E-state index in [-0.39, 0.29) is 11.8 Å². The van der Waals surface area contributed by atoms with Crippen LogP contribution in [-0.4, -0.2) is 36.3 Å². The lowest BCUT2D eigenvalue weighted by Gasteiger charge is -2.33. The highest BCUT2D eigenvalue weighted by molar-refractivity contribution is 8.02. The largest absolute Gasteiger partial charge is 0.447 e. The van der Waals surface area contributed by atoms with Crippen LogP contribution in [0.25, 0.3) is 0 Å². The molecule has 1 heterocycles. The van der Waals surface area contributed by atoms with Gasteiger partial charge < -0.3 is 4.74 Å². The molecule has 5 heteroatoms. The first-order chi connectivity index (χ1) is 8.69. The lowest BCUT2D eigenvalue weighted by Crippen LogP contribution is -2.40. The normalized spacial score (nSPS) is 23.1. The highest BCUT2D eigenvalue weighted by Crippen LogP contribution is 2.44. The summed E-state index contributed by atoms with van der Waals surface area (Å²) in [6, 6.07) is 0. The summed E-state index contributed by atoms with van der Waals surface area (Å²) in [6.07, 6.45) is 5.76. The number of ether oxygens (including phenoxy) is 1. The monoisotopic (exact) mass is 269 g/mol. The molecule has 2 rings (SSSR count). The summed E-state index contributed by atoms with van der Waals surface area (Å²) >= 11 is 1.65. The van der Waals surface area contributed by atoms with E-state index in [2.05, 4.69) is 6.92 Å². The summed E-state index contributed by atoms with van der Waals surface area (Å²) in [5, 5.41) is 0. The van der Waals surface area contributed by atoms with Crippen molar-refractivity contribution >= 4 is 23.8 Å². The number of carbonyl (C=O) groups is 2. The molecule has 0 radical (unpaired) electrons. The highest BCUT2D eigenvalue weighted by Gasteiger charge is 2.40. The molecule has 0 aromatic heterocycles. The lowest BCUT2D eigenvalue weighted by molar-refractivity contribution is -0.131. The average Bonchev–Trinajstić information content (AvgIpc) is 2.74. The summed E-state index contributed by atoms with van der Waals surface area (Å²) in [4.78, 5) is 26.0. The van der Waals surface area contributed by atoms with Crippen molar-refractivity contribution in [2.24, 2.45) is 5.92 Å². The molecule has 0 unspecified atom stereocenters. The van der Waals surface area contributed by atoms with Gasteiger partial charge in [-0.3, -0.25) is 4.79 Å². The van der Waals surface area contributed by atoms with E-state index in [9.17, 15) is 9.59 Å². The minimum Gasteiger partial charge on any atom is -0.447 e. The molecule has 1 saturated heterocycles. The van der Waals surface area contributed by atoms with Crippen molar-refractivity contribution in [2.75, 3.05) is 19.4 Å². The van der Waals surface area contributed by atoms with E-state index < -0.39 is 6.09 Å². The molecular formula is C13H19NO3S. The molecular weight excluding hydrogens is 250 g/mol. The van der Waals surface area contributed by atoms with E-state index >= 15 is 0 Å². The Morgan fingerprint density at radius 2 is 2.33 bits per heavy atom. The minimum atomic E-state index is -0.484. The Hall–Kier alpha value is -0.970. The number of hydrogen-bond acceptors (Lipinski definition) is 4. The molecule has 2 aliphatic rings. The number of amides is 2. The Balaban J connectivity index is 2.01. The first-order valence-electron chi connectivity index (χ1n) is 6.43. The van der Waals surface area contributed by atoms with Crippen LogP contribution in [-0.2, 0) is 9.53 Å². The minimum absolute atomic E-state index is 0.0814. The number of unbranched alkanes of at least 4 members (excludes halogenated alkanes) is 1. The van der Waals surface area contributed by atoms with Gasteiger partial charge in [0.25, 0.3) is 0 Å². The van der Waals surface area contributed by atoms with Crippen LogP contribution in [0.15, 0.2) is 10.5 Å². The molecule has 0 aromatic carbocycles. The Morgan fingerprint density at radius 1 is 1.56 bits per heavy atom. The van der Waals surface area contributed by atoms with Crippen molar-refractivity contribution < 1.29 is 14.3 Å². The standard InChI is InChI=1S/C13H19NO3S/c1-3-4-5-9-8-10(11(9)18-2)12(15)14-6-7-17-13(14)16/h10H,3-8H2,1-2H3/t10-/m1/s1. The molecule has 0 bridgehead atoms. The number of nitrogens with zero attached hydrogens (tertiary/aromatic N) is 1. The maximum absolute atomic E-state index is 12.2. The van der Waals surface area contributed by atoms with Crippen LogP contribution < -0.4 is 0 Å². The molecule has 1 fully saturated rings. The smallest absolute Gasteiger partial charge is 0.416 e. The van der Waals surface area contributed by atoms with Crippen molar-refractivity contribution in [3.8, 4) is 0 Å². The van der Waals surface area contributed by atoms with E-state index in [4.69, 9.17) is 4.74 Å². The Labute approximate surface area is 112 Å². The summed E-state index contributed by atoms with van der Waals surface area (Å²) in [5.41, 5.74) is 1.40. The summed E-state index contributed by atoms with van der Waals surface area (Å²) in [6.45, 7) is 2.90. The van der Waals surface area contributed by atoms with Gasteiger partial charge in [0.1, 0.15) is 6.61 Å². The van der Waals surface area contributed by atoms with Crippen molar-refractivity contribution in [3.05, 3.63) is 10.5 Å². The third kappa shape index (κ3) is 2.41. The molecule has 18 heavy (non-hydrogen) atoms. The Bertz CT molecular complexity index is 392. The van der Waals surface area contributed by atoms with Crippen molar-refractivity contribution in [3.63, 3.8) is 0 Å². The Kier molecular flexibility index (Phi) is 4.32. The van der Waals surface area contributed by atoms with Gasteiger partial charge in [-0.15, -0.1) is 11.8 Å². The van der Waals surface area contributed by atoms with Crippen LogP contribution >= 0.6 is 11.8 Å². The van der Waals surface area contributed by atoms with E-state index in [1.807, 2.05) is 6.26 Å². The summed E-state index contributed by atoms with van der Waals surface area (Å²) in [7, 11) is 0. The number of rotatable bonds is 5. The van der Waals surface area contributed by atoms with Crippen LogP contribution in [0, 0.1) is 5.92 Å². The molecule has 1 atom stereocenters. The van der Waals surface area contributed by atoms with E-state index in [1.54, 1.807) is 11.8 Å². The number of allylic oxidation sites excluding steroid dienone is 1. The zero-order valence-corrected chi connectivity index (χ0v) is 11.7. The topological polar surface area (TPSA) is 46.6 Å². The van der Waals surface area contributed by atoms with Gasteiger partial charge in [-0.1, -0.05) is 18.9 Å². The molecule has 1 aliphatic heterocycles. The lowest BCUT2D eigenvalue weighted by atomic mass is 9.82. The van der Waals surface area contributed by atoms with Crippen molar-refractivity contribution in [1.29, 1.82) is 0 Å². The van der Waals surface area contributed by atoms with E-state index in [1.165, 1.54) is 28.2 Å². The third-order valence-corrected chi connectivity index (χ3v) is 4.51. The maximum Gasteiger partial charge on any atom is 0.416 e. The van der Waals surface area contributed by atoms with Gasteiger partial charge in [-0.25, -0.2) is 9.69 Å². The van der Waals surface area contributed by atoms with Gasteiger partial charge in [0.2, 0.25) is 5.91 Å². The molecule has 0 N–H and O–H groups in total. The van der Waals surface area contributed by atoms with Crippen molar-refractivity contribution in [2.45, 2.75) is 32.6 Å². The van der Waals surface area contributed by atoms with Crippen LogP contribution in [0.2, 0.25) is 0 Å². The quantitative estimate of drug-likeness (QED) is 0.770. The van der Waals surface area contributed by atoms with Gasteiger partial charge in [0.15, 0.2) is 0 Å². The second-order valence-electron chi connectivity index (χ2n) is 4.64. The highest BCUT2D eigenvalue weighted by atomic mass is 32.2. The summed E-state index contributed by atoms with van der Waals surface area (Å²) in [5.74, 6) is -0.181. The predicted molar refractivity (Wildman–Crippen MR) is 71.2 cm³/mol. The molecule has 2 amide bonds. The fourth-order valence-electron chi connectivity index (χ4n) is 2.44. The number of imide groups is 1. The van der Waals surface area contributed by atoms with Gasteiger partial charge in [0, 0.05) is 0 Å². The Morgan fingerprint density at radius 3 is 2.89 bits per heavy atom. The molecule has 0 aromatic rings. The SMILES string of the molecule is CCCCC1=C(SC)[C@H](C(=O)N2CCOC2=O)C1. The number of cyclic esters (lactones) is 1. The summed E-state index contributed by atoms with van der Waals surface area (Å²) < 4.78 is 4.81. The van der Waals surface area contributed by atoms with Crippen LogP contribution in [0.5, 0.6) is 0 Å². The maximum atomic E-state index is 12.2. The molecule has 100 valence electrons. The van der Waals surface area contributed by atoms with Gasteiger partial charge >= 0.3 is 6.09 Å². The van der Waals surface area contributed by atoms with Gasteiger partial charge in [-0.05, 0) is 30.4 Å². The first-order valence-corrected chi connectivity index (χ1v) is 7.65. The average molecular weight is 269 g/mol. The van der Waals surface area contributed by atoms with E-state index in [0.29, 0.717) is 13.2 Å². The van der Waals surface area contributed by atoms with E-state index in [0.717, 1.165) is 12.8 Å². The number of thioether (sulfide) groups is 1. The second-order valence-corrected chi connectivity index (χ2v) is 5.48. The first kappa shape index (κ1) is 13.5. The van der Waals surface area contributed by atoms with Gasteiger partial charge in [0.05, 0.1) is 12.5 Å². The van der Waals surface area contributed by atoms with Crippen LogP contribution in [0.3, 0.4) is 0 Å². The fraction of sp³-hybridized carbons (Fsp3) is 0.692. The zero-order valence-electron chi connectivity index (χ0n) is 10.9. The number of carbonyl (C=O) groups excluding carboxylic acids is 2. The second kappa shape index (κ2) is 5.78. The molecule has 0 spiro atoms. The molecule has 0 saturated carbocycles. The molecule has 1 aliphatic carbocycles. The van der Waals surface area contributed by atoms with Crippen LogP contribution in [0.4, 0.5) is 4.79 Å². The fourth-order valence-corrected chi connectivity index (χ4v) is 3.38. The van der Waals surface area contributed by atoms with Crippen molar-refractivity contribution in [1.82, 2.24) is 4.90 Å². The third-order valence-electron chi connectivity index (χ3n) is 3.49. The predicted octanol–water partition coefficient (Wildman–Crippen LogP) is 2.79. The number of hydrogen-bond donors (Lipinski definition) is 0. The van der Waals surface area contributed by atoms with Gasteiger partial charge in [-0.2, -0.15) is 0 Å². The molecule has 4 nitrogen and oxygen atoms in total. The zero-order chi connectivity index (χ0) is 13.1.